The summed E-state index contributed by atoms with van der Waals surface area (Å²) >= 11 is 10.5. The van der Waals surface area contributed by atoms with Crippen molar-refractivity contribution >= 4 is 39.3 Å². The largest absolute Gasteiger partial charge is 0.395 e. The van der Waals surface area contributed by atoms with Gasteiger partial charge in [0.05, 0.1) is 11.1 Å². The molecule has 6 heteroatoms. The lowest BCUT2D eigenvalue weighted by Crippen LogP contribution is -2.20. The first-order valence-corrected chi connectivity index (χ1v) is 5.91. The zero-order valence-electron chi connectivity index (χ0n) is 7.79. The predicted molar refractivity (Wildman–Crippen MR) is 61.8 cm³/mol. The van der Waals surface area contributed by atoms with Gasteiger partial charge in [0.2, 0.25) is 5.28 Å². The minimum absolute atomic E-state index is 0.0751. The average Bonchev–Trinajstić information content (AvgIpc) is 2.11. The van der Waals surface area contributed by atoms with Crippen molar-refractivity contribution in [3.05, 3.63) is 16.0 Å². The van der Waals surface area contributed by atoms with Gasteiger partial charge in [-0.05, 0) is 41.4 Å². The number of nitrogens with zero attached hydrogens (tertiary/aromatic N) is 2. The van der Waals surface area contributed by atoms with E-state index in [1.165, 1.54) is 11.8 Å². The van der Waals surface area contributed by atoms with Crippen LogP contribution in [0.1, 0.15) is 13.8 Å². The molecule has 0 radical (unpaired) electrons. The molecule has 0 amide bonds. The van der Waals surface area contributed by atoms with E-state index in [0.717, 1.165) is 9.50 Å². The summed E-state index contributed by atoms with van der Waals surface area (Å²) in [5.41, 5.74) is 0. The van der Waals surface area contributed by atoms with E-state index in [1.807, 2.05) is 13.8 Å². The van der Waals surface area contributed by atoms with Crippen LogP contribution in [-0.4, -0.2) is 26.4 Å². The summed E-state index contributed by atoms with van der Waals surface area (Å²) in [7, 11) is 0. The van der Waals surface area contributed by atoms with Crippen molar-refractivity contribution in [2.45, 2.75) is 23.6 Å². The Morgan fingerprint density at radius 1 is 1.64 bits per heavy atom. The van der Waals surface area contributed by atoms with Crippen molar-refractivity contribution in [3.8, 4) is 0 Å². The summed E-state index contributed by atoms with van der Waals surface area (Å²) in [4.78, 5) is 7.89. The van der Waals surface area contributed by atoms with E-state index < -0.39 is 0 Å². The molecular formula is C8H10BrClN2OS. The molecule has 0 aliphatic rings. The molecule has 1 heterocycles. The molecule has 1 N–H and O–H groups in total. The molecule has 78 valence electrons. The second-order valence-corrected chi connectivity index (χ2v) is 6.20. The summed E-state index contributed by atoms with van der Waals surface area (Å²) in [5.74, 6) is 0. The van der Waals surface area contributed by atoms with Crippen LogP contribution in [0, 0.1) is 0 Å². The molecule has 0 bridgehead atoms. The van der Waals surface area contributed by atoms with Gasteiger partial charge >= 0.3 is 0 Å². The van der Waals surface area contributed by atoms with Crippen LogP contribution in [-0.2, 0) is 0 Å². The molecule has 0 fully saturated rings. The van der Waals surface area contributed by atoms with E-state index in [0.29, 0.717) is 0 Å². The normalized spacial score (nSPS) is 11.8. The minimum atomic E-state index is -0.278. The van der Waals surface area contributed by atoms with Crippen molar-refractivity contribution in [1.82, 2.24) is 9.97 Å². The van der Waals surface area contributed by atoms with Gasteiger partial charge in [0, 0.05) is 10.9 Å². The van der Waals surface area contributed by atoms with E-state index in [-0.39, 0.29) is 16.6 Å². The van der Waals surface area contributed by atoms with Crippen LogP contribution in [0.4, 0.5) is 0 Å². The first-order chi connectivity index (χ1) is 6.44. The van der Waals surface area contributed by atoms with Crippen LogP contribution in [0.25, 0.3) is 0 Å². The van der Waals surface area contributed by atoms with Gasteiger partial charge < -0.3 is 5.11 Å². The van der Waals surface area contributed by atoms with E-state index >= 15 is 0 Å². The van der Waals surface area contributed by atoms with E-state index in [4.69, 9.17) is 16.7 Å². The van der Waals surface area contributed by atoms with Gasteiger partial charge in [0.1, 0.15) is 5.03 Å². The molecule has 14 heavy (non-hydrogen) atoms. The fourth-order valence-electron chi connectivity index (χ4n) is 0.697. The highest BCUT2D eigenvalue weighted by Crippen LogP contribution is 2.35. The van der Waals surface area contributed by atoms with Gasteiger partial charge in [0.15, 0.2) is 0 Å². The Hall–Kier alpha value is 0.160. The first-order valence-electron chi connectivity index (χ1n) is 3.92. The molecule has 0 saturated heterocycles. The smallest absolute Gasteiger partial charge is 0.223 e. The number of hydrogen-bond acceptors (Lipinski definition) is 4. The number of thioether (sulfide) groups is 1. The summed E-state index contributed by atoms with van der Waals surface area (Å²) in [6.07, 6.45) is 1.60. The van der Waals surface area contributed by atoms with Crippen molar-refractivity contribution < 1.29 is 5.11 Å². The number of hydrogen-bond donors (Lipinski definition) is 1. The molecule has 0 atom stereocenters. The standard InChI is InChI=1S/C8H10BrClN2OS/c1-8(2,4-13)14-6-5(9)3-11-7(10)12-6/h3,13H,4H2,1-2H3. The molecule has 1 aromatic rings. The quantitative estimate of drug-likeness (QED) is 0.529. The lowest BCUT2D eigenvalue weighted by Gasteiger charge is -2.20. The molecule has 0 aliphatic heterocycles. The highest BCUT2D eigenvalue weighted by molar-refractivity contribution is 9.10. The van der Waals surface area contributed by atoms with Crippen LogP contribution >= 0.6 is 39.3 Å². The Morgan fingerprint density at radius 2 is 2.29 bits per heavy atom. The third kappa shape index (κ3) is 3.38. The molecule has 1 aromatic heterocycles. The maximum Gasteiger partial charge on any atom is 0.223 e. The number of rotatable bonds is 3. The Bertz CT molecular complexity index is 335. The molecular weight excluding hydrogens is 288 g/mol. The average molecular weight is 298 g/mol. The topological polar surface area (TPSA) is 46.0 Å². The number of aliphatic hydroxyl groups is 1. The lowest BCUT2D eigenvalue weighted by atomic mass is 10.2. The van der Waals surface area contributed by atoms with Gasteiger partial charge in [-0.1, -0.05) is 11.8 Å². The van der Waals surface area contributed by atoms with Crippen LogP contribution in [0.3, 0.4) is 0 Å². The Morgan fingerprint density at radius 3 is 2.86 bits per heavy atom. The Kier molecular flexibility index (Phi) is 4.18. The third-order valence-electron chi connectivity index (χ3n) is 1.44. The Labute approximate surface area is 100 Å². The molecule has 0 spiro atoms. The molecule has 0 aromatic carbocycles. The summed E-state index contributed by atoms with van der Waals surface area (Å²) < 4.78 is 0.508. The molecule has 0 aliphatic carbocycles. The van der Waals surface area contributed by atoms with Crippen molar-refractivity contribution in [2.24, 2.45) is 0 Å². The zero-order chi connectivity index (χ0) is 10.8. The highest BCUT2D eigenvalue weighted by Gasteiger charge is 2.20. The fourth-order valence-corrected chi connectivity index (χ4v) is 2.18. The van der Waals surface area contributed by atoms with Crippen LogP contribution in [0.15, 0.2) is 15.7 Å². The van der Waals surface area contributed by atoms with E-state index in [9.17, 15) is 0 Å². The minimum Gasteiger partial charge on any atom is -0.395 e. The zero-order valence-corrected chi connectivity index (χ0v) is 10.9. The molecule has 1 rings (SSSR count). The lowest BCUT2D eigenvalue weighted by molar-refractivity contribution is 0.265. The number of aliphatic hydroxyl groups excluding tert-OH is 1. The number of halogens is 2. The summed E-state index contributed by atoms with van der Waals surface area (Å²) in [5, 5.41) is 10.1. The first kappa shape index (κ1) is 12.2. The van der Waals surface area contributed by atoms with Gasteiger partial charge in [-0.15, -0.1) is 0 Å². The van der Waals surface area contributed by atoms with Crippen LogP contribution in [0.2, 0.25) is 5.28 Å². The molecule has 3 nitrogen and oxygen atoms in total. The van der Waals surface area contributed by atoms with E-state index in [1.54, 1.807) is 6.20 Å². The van der Waals surface area contributed by atoms with Crippen molar-refractivity contribution in [3.63, 3.8) is 0 Å². The van der Waals surface area contributed by atoms with Gasteiger partial charge in [0.25, 0.3) is 0 Å². The summed E-state index contributed by atoms with van der Waals surface area (Å²) in [6, 6.07) is 0. The van der Waals surface area contributed by atoms with Crippen LogP contribution in [0.5, 0.6) is 0 Å². The second-order valence-electron chi connectivity index (χ2n) is 3.31. The monoisotopic (exact) mass is 296 g/mol. The van der Waals surface area contributed by atoms with Crippen molar-refractivity contribution in [1.29, 1.82) is 0 Å². The number of aromatic nitrogens is 2. The SMILES string of the molecule is CC(C)(CO)Sc1nc(Cl)ncc1Br. The maximum absolute atomic E-state index is 9.10. The fraction of sp³-hybridized carbons (Fsp3) is 0.500. The van der Waals surface area contributed by atoms with Gasteiger partial charge in [-0.25, -0.2) is 9.97 Å². The third-order valence-corrected chi connectivity index (χ3v) is 3.65. The molecule has 0 unspecified atom stereocenters. The Balaban J connectivity index is 2.91. The second kappa shape index (κ2) is 4.79. The van der Waals surface area contributed by atoms with Gasteiger partial charge in [-0.3, -0.25) is 0 Å². The highest BCUT2D eigenvalue weighted by atomic mass is 79.9. The van der Waals surface area contributed by atoms with Crippen LogP contribution < -0.4 is 0 Å². The van der Waals surface area contributed by atoms with E-state index in [2.05, 4.69) is 25.9 Å². The maximum atomic E-state index is 9.10. The molecule has 0 saturated carbocycles. The van der Waals surface area contributed by atoms with Crippen molar-refractivity contribution in [2.75, 3.05) is 6.61 Å². The summed E-state index contributed by atoms with van der Waals surface area (Å²) in [6.45, 7) is 3.94. The van der Waals surface area contributed by atoms with Gasteiger partial charge in [-0.2, -0.15) is 0 Å². The predicted octanol–water partition coefficient (Wildman–Crippen LogP) is 2.76.